The average molecular weight is 483 g/mol. The van der Waals surface area contributed by atoms with E-state index in [-0.39, 0.29) is 35.0 Å². The van der Waals surface area contributed by atoms with Crippen molar-refractivity contribution in [3.8, 4) is 0 Å². The number of para-hydroxylation sites is 2. The van der Waals surface area contributed by atoms with E-state index in [0.29, 0.717) is 41.9 Å². The molecule has 1 saturated heterocycles. The second-order valence-corrected chi connectivity index (χ2v) is 11.5. The van der Waals surface area contributed by atoms with E-state index in [1.54, 1.807) is 17.0 Å². The molecule has 2 aliphatic heterocycles. The first-order valence-corrected chi connectivity index (χ1v) is 12.6. The number of hydrogen-bond acceptors (Lipinski definition) is 6. The number of amides is 2. The van der Waals surface area contributed by atoms with Crippen LogP contribution in [0.2, 0.25) is 4.34 Å². The van der Waals surface area contributed by atoms with E-state index < -0.39 is 10.0 Å². The summed E-state index contributed by atoms with van der Waals surface area (Å²) in [5.74, 6) is -0.236. The summed E-state index contributed by atoms with van der Waals surface area (Å²) in [5, 5.41) is 2.85. The van der Waals surface area contributed by atoms with Crippen molar-refractivity contribution in [2.45, 2.75) is 23.6 Å². The van der Waals surface area contributed by atoms with Crippen molar-refractivity contribution in [2.24, 2.45) is 0 Å². The molecule has 0 radical (unpaired) electrons. The van der Waals surface area contributed by atoms with Gasteiger partial charge >= 0.3 is 0 Å². The second kappa shape index (κ2) is 8.87. The van der Waals surface area contributed by atoms with E-state index in [9.17, 15) is 18.0 Å². The maximum absolute atomic E-state index is 13.2. The summed E-state index contributed by atoms with van der Waals surface area (Å²) in [6, 6.07) is 10.1. The Morgan fingerprint density at radius 1 is 1.16 bits per heavy atom. The smallest absolute Gasteiger partial charge is 0.252 e. The van der Waals surface area contributed by atoms with E-state index in [4.69, 9.17) is 11.6 Å². The maximum atomic E-state index is 13.2. The number of benzene rings is 1. The van der Waals surface area contributed by atoms with Crippen molar-refractivity contribution in [3.05, 3.63) is 40.7 Å². The van der Waals surface area contributed by atoms with Crippen LogP contribution in [0.3, 0.4) is 0 Å². The van der Waals surface area contributed by atoms with E-state index in [0.717, 1.165) is 11.3 Å². The first-order chi connectivity index (χ1) is 14.8. The number of sulfonamides is 1. The Hall–Kier alpha value is -1.98. The molecule has 1 fully saturated rings. The molecule has 166 valence electrons. The number of carbonyl (C=O) groups is 2. The minimum Gasteiger partial charge on any atom is -0.324 e. The van der Waals surface area contributed by atoms with Gasteiger partial charge in [-0.2, -0.15) is 4.31 Å². The minimum absolute atomic E-state index is 0.113. The molecule has 4 rings (SSSR count). The Morgan fingerprint density at radius 2 is 1.87 bits per heavy atom. The molecule has 1 aromatic heterocycles. The number of carbonyl (C=O) groups excluding carboxylic acids is 2. The van der Waals surface area contributed by atoms with Crippen LogP contribution >= 0.6 is 22.9 Å². The third-order valence-corrected chi connectivity index (χ3v) is 9.06. The highest BCUT2D eigenvalue weighted by molar-refractivity contribution is 7.91. The third kappa shape index (κ3) is 4.63. The van der Waals surface area contributed by atoms with E-state index in [1.165, 1.54) is 10.4 Å². The van der Waals surface area contributed by atoms with Gasteiger partial charge in [-0.25, -0.2) is 8.42 Å². The number of fused-ring (bicyclic) bond motifs is 1. The zero-order valence-corrected chi connectivity index (χ0v) is 19.3. The van der Waals surface area contributed by atoms with Gasteiger partial charge in [0.15, 0.2) is 0 Å². The van der Waals surface area contributed by atoms with Gasteiger partial charge in [0.05, 0.1) is 22.3 Å². The lowest BCUT2D eigenvalue weighted by Crippen LogP contribution is -2.52. The lowest BCUT2D eigenvalue weighted by atomic mass is 10.1. The first-order valence-electron chi connectivity index (χ1n) is 9.94. The number of halogens is 1. The van der Waals surface area contributed by atoms with Gasteiger partial charge in [0.25, 0.3) is 10.0 Å². The molecule has 0 spiro atoms. The van der Waals surface area contributed by atoms with Crippen LogP contribution in [0.25, 0.3) is 0 Å². The Kier molecular flexibility index (Phi) is 6.36. The van der Waals surface area contributed by atoms with Crippen molar-refractivity contribution >= 4 is 56.2 Å². The monoisotopic (exact) mass is 482 g/mol. The van der Waals surface area contributed by atoms with Gasteiger partial charge in [-0.15, -0.1) is 11.3 Å². The lowest BCUT2D eigenvalue weighted by Gasteiger charge is -2.35. The van der Waals surface area contributed by atoms with Crippen molar-refractivity contribution in [3.63, 3.8) is 0 Å². The number of thiophene rings is 1. The molecular weight excluding hydrogens is 460 g/mol. The molecule has 31 heavy (non-hydrogen) atoms. The molecule has 2 aliphatic rings. The van der Waals surface area contributed by atoms with Gasteiger partial charge in [0, 0.05) is 38.6 Å². The standard InChI is InChI=1S/C20H23ClN4O4S2/c1-14-12-18(26)22-15-4-2-3-5-16(15)25(14)19(27)13-23-8-10-24(11-9-23)31(28,29)20-7-6-17(21)30-20/h2-7,14H,8-13H2,1H3,(H,22,26)/t14-/m0/s1. The van der Waals surface area contributed by atoms with Crippen LogP contribution in [-0.4, -0.2) is 68.2 Å². The Morgan fingerprint density at radius 3 is 2.55 bits per heavy atom. The molecule has 2 aromatic rings. The SMILES string of the molecule is C[C@H]1CC(=O)Nc2ccccc2N1C(=O)CN1CCN(S(=O)(=O)c2ccc(Cl)s2)CC1. The Balaban J connectivity index is 1.43. The molecule has 11 heteroatoms. The number of nitrogens with zero attached hydrogens (tertiary/aromatic N) is 3. The molecule has 1 atom stereocenters. The van der Waals surface area contributed by atoms with Crippen molar-refractivity contribution in [1.29, 1.82) is 0 Å². The molecule has 1 N–H and O–H groups in total. The van der Waals surface area contributed by atoms with Gasteiger partial charge in [-0.1, -0.05) is 23.7 Å². The van der Waals surface area contributed by atoms with Gasteiger partial charge in [-0.05, 0) is 31.2 Å². The van der Waals surface area contributed by atoms with Gasteiger partial charge in [-0.3, -0.25) is 14.5 Å². The topological polar surface area (TPSA) is 90.0 Å². The van der Waals surface area contributed by atoms with E-state index in [2.05, 4.69) is 5.32 Å². The lowest BCUT2D eigenvalue weighted by molar-refractivity contribution is -0.120. The predicted octanol–water partition coefficient (Wildman–Crippen LogP) is 2.47. The number of nitrogens with one attached hydrogen (secondary N) is 1. The minimum atomic E-state index is -3.57. The molecule has 3 heterocycles. The van der Waals surface area contributed by atoms with Gasteiger partial charge in [0.1, 0.15) is 4.21 Å². The van der Waals surface area contributed by atoms with E-state index in [1.807, 2.05) is 30.0 Å². The highest BCUT2D eigenvalue weighted by Gasteiger charge is 2.33. The average Bonchev–Trinajstić information content (AvgIpc) is 3.11. The second-order valence-electron chi connectivity index (χ2n) is 7.62. The summed E-state index contributed by atoms with van der Waals surface area (Å²) in [4.78, 5) is 29.0. The van der Waals surface area contributed by atoms with Gasteiger partial charge in [0.2, 0.25) is 11.8 Å². The van der Waals surface area contributed by atoms with Gasteiger partial charge < -0.3 is 10.2 Å². The van der Waals surface area contributed by atoms with Crippen molar-refractivity contribution in [2.75, 3.05) is 42.9 Å². The summed E-state index contributed by atoms with van der Waals surface area (Å²) in [5.41, 5.74) is 1.30. The fraction of sp³-hybridized carbons (Fsp3) is 0.400. The van der Waals surface area contributed by atoms with Crippen LogP contribution in [0.4, 0.5) is 11.4 Å². The predicted molar refractivity (Wildman–Crippen MR) is 121 cm³/mol. The molecule has 2 amide bonds. The molecule has 0 saturated carbocycles. The molecular formula is C20H23ClN4O4S2. The van der Waals surface area contributed by atoms with Crippen LogP contribution in [0.5, 0.6) is 0 Å². The maximum Gasteiger partial charge on any atom is 0.252 e. The summed E-state index contributed by atoms with van der Waals surface area (Å²) in [6.45, 7) is 3.52. The van der Waals surface area contributed by atoms with Crippen LogP contribution in [-0.2, 0) is 19.6 Å². The fourth-order valence-corrected chi connectivity index (χ4v) is 6.99. The molecule has 0 unspecified atom stereocenters. The molecule has 0 aliphatic carbocycles. The Bertz CT molecular complexity index is 1100. The zero-order valence-electron chi connectivity index (χ0n) is 17.0. The quantitative estimate of drug-likeness (QED) is 0.723. The highest BCUT2D eigenvalue weighted by atomic mass is 35.5. The molecule has 8 nitrogen and oxygen atoms in total. The normalized spacial score (nSPS) is 20.8. The first kappa shape index (κ1) is 22.2. The van der Waals surface area contributed by atoms with Crippen LogP contribution in [0.1, 0.15) is 13.3 Å². The number of rotatable bonds is 4. The third-order valence-electron chi connectivity index (χ3n) is 5.46. The number of anilines is 2. The van der Waals surface area contributed by atoms with Crippen LogP contribution in [0.15, 0.2) is 40.6 Å². The van der Waals surface area contributed by atoms with E-state index >= 15 is 0 Å². The summed E-state index contributed by atoms with van der Waals surface area (Å²) < 4.78 is 27.6. The summed E-state index contributed by atoms with van der Waals surface area (Å²) in [6.07, 6.45) is 0.218. The van der Waals surface area contributed by atoms with Crippen LogP contribution < -0.4 is 10.2 Å². The number of piperazine rings is 1. The summed E-state index contributed by atoms with van der Waals surface area (Å²) in [7, 11) is -3.57. The summed E-state index contributed by atoms with van der Waals surface area (Å²) >= 11 is 6.93. The van der Waals surface area contributed by atoms with Crippen LogP contribution in [0, 0.1) is 0 Å². The van der Waals surface area contributed by atoms with Crippen molar-refractivity contribution in [1.82, 2.24) is 9.21 Å². The fourth-order valence-electron chi connectivity index (χ4n) is 3.93. The molecule has 0 bridgehead atoms. The Labute approximate surface area is 190 Å². The largest absolute Gasteiger partial charge is 0.324 e. The van der Waals surface area contributed by atoms with Crippen molar-refractivity contribution < 1.29 is 18.0 Å². The number of hydrogen-bond donors (Lipinski definition) is 1. The highest BCUT2D eigenvalue weighted by Crippen LogP contribution is 2.32. The zero-order chi connectivity index (χ0) is 22.2. The molecule has 1 aromatic carbocycles.